The maximum Gasteiger partial charge on any atom is 0.217 e. The number of primary amides is 1. The highest BCUT2D eigenvalue weighted by atomic mass is 32.2. The predicted octanol–water partition coefficient (Wildman–Crippen LogP) is 2.78. The van der Waals surface area contributed by atoms with Gasteiger partial charge in [0.2, 0.25) is 5.91 Å². The zero-order valence-corrected chi connectivity index (χ0v) is 15.5. The van der Waals surface area contributed by atoms with Gasteiger partial charge in [-0.15, -0.1) is 10.2 Å². The summed E-state index contributed by atoms with van der Waals surface area (Å²) < 4.78 is 26.1. The standard InChI is InChI=1S/C18H19FN4O3S/c1-25-15-5-4-13(19)9-12(15)11-27-18-22-21-17(7-6-16(20)24)23(18)10-14-3-2-8-26-14/h2-5,8-9H,6-7,10-11H2,1H3,(H2,20,24). The number of carbonyl (C=O) groups excluding carboxylic acids is 1. The van der Waals surface area contributed by atoms with E-state index < -0.39 is 5.91 Å². The number of furan rings is 1. The number of amides is 1. The molecule has 0 fully saturated rings. The van der Waals surface area contributed by atoms with Crippen LogP contribution >= 0.6 is 11.8 Å². The zero-order chi connectivity index (χ0) is 19.2. The van der Waals surface area contributed by atoms with Crippen LogP contribution in [0, 0.1) is 5.82 Å². The molecule has 0 aliphatic heterocycles. The van der Waals surface area contributed by atoms with E-state index in [2.05, 4.69) is 10.2 Å². The number of ether oxygens (including phenoxy) is 1. The maximum absolute atomic E-state index is 13.6. The fourth-order valence-electron chi connectivity index (χ4n) is 2.57. The van der Waals surface area contributed by atoms with Crippen LogP contribution in [0.2, 0.25) is 0 Å². The number of hydrogen-bond donors (Lipinski definition) is 1. The van der Waals surface area contributed by atoms with Crippen molar-refractivity contribution < 1.29 is 18.3 Å². The first-order chi connectivity index (χ1) is 13.1. The Morgan fingerprint density at radius 1 is 1.37 bits per heavy atom. The Hall–Kier alpha value is -2.81. The van der Waals surface area contributed by atoms with Crippen LogP contribution in [0.5, 0.6) is 5.75 Å². The molecule has 142 valence electrons. The van der Waals surface area contributed by atoms with Crippen molar-refractivity contribution in [3.05, 3.63) is 59.6 Å². The van der Waals surface area contributed by atoms with Gasteiger partial charge in [-0.1, -0.05) is 11.8 Å². The molecule has 1 aromatic carbocycles. The summed E-state index contributed by atoms with van der Waals surface area (Å²) in [5.41, 5.74) is 5.96. The number of aromatic nitrogens is 3. The van der Waals surface area contributed by atoms with Gasteiger partial charge in [0.1, 0.15) is 23.2 Å². The Labute approximate surface area is 159 Å². The van der Waals surface area contributed by atoms with Crippen molar-refractivity contribution in [1.82, 2.24) is 14.8 Å². The normalized spacial score (nSPS) is 10.9. The van der Waals surface area contributed by atoms with Gasteiger partial charge in [-0.3, -0.25) is 9.36 Å². The van der Waals surface area contributed by atoms with Crippen LogP contribution in [0.25, 0.3) is 0 Å². The Balaban J connectivity index is 1.81. The highest BCUT2D eigenvalue weighted by Crippen LogP contribution is 2.28. The third-order valence-corrected chi connectivity index (χ3v) is 4.90. The number of carbonyl (C=O) groups is 1. The second kappa shape index (κ2) is 8.72. The van der Waals surface area contributed by atoms with Crippen LogP contribution in [0.1, 0.15) is 23.6 Å². The highest BCUT2D eigenvalue weighted by molar-refractivity contribution is 7.98. The van der Waals surface area contributed by atoms with Crippen LogP contribution in [-0.4, -0.2) is 27.8 Å². The zero-order valence-electron chi connectivity index (χ0n) is 14.7. The number of methoxy groups -OCH3 is 1. The molecule has 0 bridgehead atoms. The molecule has 0 aliphatic rings. The van der Waals surface area contributed by atoms with Crippen LogP contribution in [0.3, 0.4) is 0 Å². The summed E-state index contributed by atoms with van der Waals surface area (Å²) in [6.45, 7) is 0.427. The van der Waals surface area contributed by atoms with Gasteiger partial charge in [-0.25, -0.2) is 4.39 Å². The van der Waals surface area contributed by atoms with Gasteiger partial charge < -0.3 is 14.9 Å². The van der Waals surface area contributed by atoms with E-state index in [-0.39, 0.29) is 12.2 Å². The Morgan fingerprint density at radius 3 is 2.93 bits per heavy atom. The summed E-state index contributed by atoms with van der Waals surface area (Å²) in [6, 6.07) is 8.04. The molecule has 3 rings (SSSR count). The van der Waals surface area contributed by atoms with Crippen LogP contribution in [-0.2, 0) is 23.5 Å². The lowest BCUT2D eigenvalue weighted by Gasteiger charge is -2.10. The first-order valence-electron chi connectivity index (χ1n) is 8.25. The molecular formula is C18H19FN4O3S. The molecule has 9 heteroatoms. The van der Waals surface area contributed by atoms with Gasteiger partial charge in [-0.05, 0) is 30.3 Å². The lowest BCUT2D eigenvalue weighted by Crippen LogP contribution is -2.14. The SMILES string of the molecule is COc1ccc(F)cc1CSc1nnc(CCC(N)=O)n1Cc1ccco1. The minimum atomic E-state index is -0.402. The summed E-state index contributed by atoms with van der Waals surface area (Å²) in [4.78, 5) is 11.1. The number of halogens is 1. The van der Waals surface area contributed by atoms with Gasteiger partial charge in [0, 0.05) is 24.2 Å². The lowest BCUT2D eigenvalue weighted by atomic mass is 10.2. The smallest absolute Gasteiger partial charge is 0.217 e. The first kappa shape index (κ1) is 19.0. The monoisotopic (exact) mass is 390 g/mol. The maximum atomic E-state index is 13.6. The highest BCUT2D eigenvalue weighted by Gasteiger charge is 2.16. The molecule has 0 atom stereocenters. The van der Waals surface area contributed by atoms with E-state index in [1.807, 2.05) is 10.6 Å². The minimum Gasteiger partial charge on any atom is -0.496 e. The average molecular weight is 390 g/mol. The molecule has 1 amide bonds. The summed E-state index contributed by atoms with van der Waals surface area (Å²) in [7, 11) is 1.54. The third kappa shape index (κ3) is 4.88. The molecule has 2 N–H and O–H groups in total. The molecule has 0 aliphatic carbocycles. The predicted molar refractivity (Wildman–Crippen MR) is 97.9 cm³/mol. The fraction of sp³-hybridized carbons (Fsp3) is 0.278. The quantitative estimate of drug-likeness (QED) is 0.565. The molecular weight excluding hydrogens is 371 g/mol. The molecule has 27 heavy (non-hydrogen) atoms. The van der Waals surface area contributed by atoms with E-state index in [1.54, 1.807) is 25.5 Å². The number of thioether (sulfide) groups is 1. The number of aryl methyl sites for hydroxylation is 1. The van der Waals surface area contributed by atoms with Gasteiger partial charge in [0.25, 0.3) is 0 Å². The van der Waals surface area contributed by atoms with Gasteiger partial charge >= 0.3 is 0 Å². The number of benzene rings is 1. The number of nitrogens with zero attached hydrogens (tertiary/aromatic N) is 3. The largest absolute Gasteiger partial charge is 0.496 e. The molecule has 0 saturated heterocycles. The van der Waals surface area contributed by atoms with E-state index in [0.717, 1.165) is 5.76 Å². The van der Waals surface area contributed by atoms with E-state index in [9.17, 15) is 9.18 Å². The first-order valence-corrected chi connectivity index (χ1v) is 9.23. The van der Waals surface area contributed by atoms with Crippen molar-refractivity contribution in [3.63, 3.8) is 0 Å². The molecule has 2 heterocycles. The van der Waals surface area contributed by atoms with Gasteiger partial charge in [-0.2, -0.15) is 0 Å². The molecule has 0 saturated carbocycles. The Morgan fingerprint density at radius 2 is 2.22 bits per heavy atom. The summed E-state index contributed by atoms with van der Waals surface area (Å²) in [5, 5.41) is 9.03. The number of nitrogens with two attached hydrogens (primary N) is 1. The second-order valence-electron chi connectivity index (χ2n) is 5.78. The van der Waals surface area contributed by atoms with Crippen molar-refractivity contribution >= 4 is 17.7 Å². The van der Waals surface area contributed by atoms with Gasteiger partial charge in [0.05, 0.1) is 19.9 Å². The lowest BCUT2D eigenvalue weighted by molar-refractivity contribution is -0.118. The van der Waals surface area contributed by atoms with Crippen LogP contribution < -0.4 is 10.5 Å². The Kier molecular flexibility index (Phi) is 6.12. The molecule has 2 aromatic heterocycles. The number of rotatable bonds is 9. The molecule has 3 aromatic rings. The van der Waals surface area contributed by atoms with Crippen molar-refractivity contribution in [2.45, 2.75) is 30.3 Å². The summed E-state index contributed by atoms with van der Waals surface area (Å²) >= 11 is 1.40. The van der Waals surface area contributed by atoms with Crippen molar-refractivity contribution in [1.29, 1.82) is 0 Å². The van der Waals surface area contributed by atoms with Crippen LogP contribution in [0.15, 0.2) is 46.2 Å². The van der Waals surface area contributed by atoms with E-state index >= 15 is 0 Å². The minimum absolute atomic E-state index is 0.179. The van der Waals surface area contributed by atoms with E-state index in [0.29, 0.717) is 41.0 Å². The summed E-state index contributed by atoms with van der Waals surface area (Å²) in [6.07, 6.45) is 2.15. The van der Waals surface area contributed by atoms with Crippen molar-refractivity contribution in [2.75, 3.05) is 7.11 Å². The fourth-order valence-corrected chi connectivity index (χ4v) is 3.50. The second-order valence-corrected chi connectivity index (χ2v) is 6.72. The molecule has 0 spiro atoms. The average Bonchev–Trinajstić information content (AvgIpc) is 3.29. The van der Waals surface area contributed by atoms with Crippen molar-refractivity contribution in [2.24, 2.45) is 5.73 Å². The topological polar surface area (TPSA) is 96.2 Å². The Bertz CT molecular complexity index is 911. The van der Waals surface area contributed by atoms with Gasteiger partial charge in [0.15, 0.2) is 5.16 Å². The molecule has 0 unspecified atom stereocenters. The van der Waals surface area contributed by atoms with Crippen LogP contribution in [0.4, 0.5) is 4.39 Å². The summed E-state index contributed by atoms with van der Waals surface area (Å²) in [5.74, 6) is 1.70. The molecule has 0 radical (unpaired) electrons. The number of hydrogen-bond acceptors (Lipinski definition) is 6. The van der Waals surface area contributed by atoms with E-state index in [4.69, 9.17) is 14.9 Å². The van der Waals surface area contributed by atoms with Crippen molar-refractivity contribution in [3.8, 4) is 5.75 Å². The van der Waals surface area contributed by atoms with E-state index in [1.165, 1.54) is 23.9 Å². The third-order valence-electron chi connectivity index (χ3n) is 3.88. The molecule has 7 nitrogen and oxygen atoms in total.